The van der Waals surface area contributed by atoms with Crippen molar-refractivity contribution < 1.29 is 32.9 Å². The van der Waals surface area contributed by atoms with Gasteiger partial charge in [0, 0.05) is 6.42 Å². The van der Waals surface area contributed by atoms with E-state index in [1.807, 2.05) is 21.1 Å². The number of amides is 1. The number of hydrogen-bond donors (Lipinski definition) is 3. The summed E-state index contributed by atoms with van der Waals surface area (Å²) in [6.45, 7) is 4.94. The minimum absolute atomic E-state index is 0.0772. The van der Waals surface area contributed by atoms with Crippen LogP contribution in [0.1, 0.15) is 348 Å². The Kier molecular flexibility index (Phi) is 57.8. The summed E-state index contributed by atoms with van der Waals surface area (Å²) in [5, 5.41) is 14.1. The maximum atomic E-state index is 13.1. The second-order valence-electron chi connectivity index (χ2n) is 24.6. The molecule has 1 amide bonds. The molecule has 0 aliphatic heterocycles. The van der Waals surface area contributed by atoms with E-state index in [4.69, 9.17) is 9.05 Å². The van der Waals surface area contributed by atoms with Gasteiger partial charge in [-0.1, -0.05) is 321 Å². The van der Waals surface area contributed by atoms with Crippen LogP contribution in [0.15, 0.2) is 24.3 Å². The smallest absolute Gasteiger partial charge is 0.391 e. The third-order valence-electron chi connectivity index (χ3n) is 15.7. The molecular weight excluding hydrogens is 960 g/mol. The number of quaternary nitrogens is 1. The van der Waals surface area contributed by atoms with E-state index in [1.54, 1.807) is 0 Å². The molecule has 452 valence electrons. The number of nitrogens with one attached hydrogen (secondary N) is 1. The number of phosphoric ester groups is 1. The second kappa shape index (κ2) is 58.6. The van der Waals surface area contributed by atoms with Crippen molar-refractivity contribution in [2.45, 2.75) is 360 Å². The molecule has 0 aliphatic carbocycles. The van der Waals surface area contributed by atoms with Gasteiger partial charge in [0.2, 0.25) is 5.91 Å². The van der Waals surface area contributed by atoms with Gasteiger partial charge in [-0.25, -0.2) is 4.57 Å². The first-order chi connectivity index (χ1) is 37.0. The topological polar surface area (TPSA) is 105 Å². The Bertz CT molecular complexity index is 1290. The van der Waals surface area contributed by atoms with E-state index < -0.39 is 20.0 Å². The summed E-state index contributed by atoms with van der Waals surface area (Å²) >= 11 is 0. The zero-order valence-electron chi connectivity index (χ0n) is 51.8. The highest BCUT2D eigenvalue weighted by Crippen LogP contribution is 2.43. The van der Waals surface area contributed by atoms with Crippen molar-refractivity contribution in [1.29, 1.82) is 0 Å². The summed E-state index contributed by atoms with van der Waals surface area (Å²) in [7, 11) is 1.63. The molecular formula is C67H134N2O6P+. The molecule has 0 saturated carbocycles. The lowest BCUT2D eigenvalue weighted by atomic mass is 10.0. The van der Waals surface area contributed by atoms with Gasteiger partial charge in [0.25, 0.3) is 0 Å². The largest absolute Gasteiger partial charge is 0.472 e. The number of likely N-dealkylation sites (N-methyl/N-ethyl adjacent to an activating group) is 1. The molecule has 0 saturated heterocycles. The molecule has 0 rings (SSSR count). The number of phosphoric acid groups is 1. The number of hydrogen-bond acceptors (Lipinski definition) is 5. The molecule has 0 aromatic heterocycles. The highest BCUT2D eigenvalue weighted by molar-refractivity contribution is 7.47. The fraction of sp³-hybridized carbons (Fsp3) is 0.925. The van der Waals surface area contributed by atoms with Gasteiger partial charge in [0.1, 0.15) is 13.2 Å². The number of rotatable bonds is 63. The Hall–Kier alpha value is -1.02. The van der Waals surface area contributed by atoms with Crippen molar-refractivity contribution in [1.82, 2.24) is 5.32 Å². The van der Waals surface area contributed by atoms with Crippen LogP contribution in [-0.2, 0) is 18.4 Å². The van der Waals surface area contributed by atoms with Gasteiger partial charge in [-0.15, -0.1) is 0 Å². The minimum atomic E-state index is -4.33. The summed E-state index contributed by atoms with van der Waals surface area (Å²) in [6, 6.07) is -0.760. The molecule has 0 aliphatic rings. The molecule has 3 N–H and O–H groups in total. The molecule has 0 aromatic rings. The molecule has 8 nitrogen and oxygen atoms in total. The summed E-state index contributed by atoms with van der Waals surface area (Å²) in [5.41, 5.74) is 0. The first-order valence-corrected chi connectivity index (χ1v) is 35.2. The number of allylic oxidation sites excluding steroid dienone is 4. The van der Waals surface area contributed by atoms with E-state index in [1.165, 1.54) is 276 Å². The van der Waals surface area contributed by atoms with E-state index in [0.717, 1.165) is 44.9 Å². The first kappa shape index (κ1) is 75.0. The van der Waals surface area contributed by atoms with E-state index in [2.05, 4.69) is 43.5 Å². The molecule has 0 radical (unpaired) electrons. The monoisotopic (exact) mass is 1090 g/mol. The van der Waals surface area contributed by atoms with Crippen molar-refractivity contribution in [2.75, 3.05) is 40.9 Å². The van der Waals surface area contributed by atoms with Crippen LogP contribution in [0.25, 0.3) is 0 Å². The lowest BCUT2D eigenvalue weighted by Crippen LogP contribution is -2.46. The van der Waals surface area contributed by atoms with Crippen LogP contribution in [0, 0.1) is 0 Å². The molecule has 0 spiro atoms. The van der Waals surface area contributed by atoms with Gasteiger partial charge in [0.15, 0.2) is 0 Å². The van der Waals surface area contributed by atoms with E-state index >= 15 is 0 Å². The summed E-state index contributed by atoms with van der Waals surface area (Å²) in [4.78, 5) is 23.4. The summed E-state index contributed by atoms with van der Waals surface area (Å²) in [6.07, 6.45) is 75.5. The molecule has 9 heteroatoms. The predicted octanol–water partition coefficient (Wildman–Crippen LogP) is 21.1. The number of unbranched alkanes of at least 4 members (excludes halogenated alkanes) is 46. The molecule has 0 fully saturated rings. The molecule has 0 bridgehead atoms. The predicted molar refractivity (Wildman–Crippen MR) is 332 cm³/mol. The van der Waals surface area contributed by atoms with Gasteiger partial charge < -0.3 is 19.8 Å². The fourth-order valence-electron chi connectivity index (χ4n) is 10.4. The van der Waals surface area contributed by atoms with Gasteiger partial charge in [-0.05, 0) is 44.9 Å². The Labute approximate surface area is 474 Å². The quantitative estimate of drug-likeness (QED) is 0.0243. The van der Waals surface area contributed by atoms with Gasteiger partial charge in [-0.3, -0.25) is 13.8 Å². The van der Waals surface area contributed by atoms with Crippen molar-refractivity contribution in [3.05, 3.63) is 24.3 Å². The van der Waals surface area contributed by atoms with Crippen LogP contribution < -0.4 is 5.32 Å². The zero-order chi connectivity index (χ0) is 55.6. The van der Waals surface area contributed by atoms with E-state index in [-0.39, 0.29) is 19.1 Å². The first-order valence-electron chi connectivity index (χ1n) is 33.7. The Morgan fingerprint density at radius 3 is 1.08 bits per heavy atom. The SMILES string of the molecule is CCCCCCC/C=C\C/C=C\CCCCCCCCCCCCCCCCCCCC(=O)NC(COP(=O)(O)OCC[N+](C)(C)C)C(O)CCCCCCCCCCCCCCCCCCCCCCCCCCC. The molecule has 0 aromatic carbocycles. The minimum Gasteiger partial charge on any atom is -0.391 e. The maximum absolute atomic E-state index is 13.1. The summed E-state index contributed by atoms with van der Waals surface area (Å²) in [5.74, 6) is -0.137. The number of aliphatic hydroxyl groups excluding tert-OH is 1. The van der Waals surface area contributed by atoms with Crippen LogP contribution in [0.3, 0.4) is 0 Å². The number of carbonyl (C=O) groups excluding carboxylic acids is 1. The average molecular weight is 1090 g/mol. The Balaban J connectivity index is 4.03. The van der Waals surface area contributed by atoms with Crippen molar-refractivity contribution in [3.63, 3.8) is 0 Å². The van der Waals surface area contributed by atoms with Gasteiger partial charge in [0.05, 0.1) is 39.9 Å². The van der Waals surface area contributed by atoms with Crippen LogP contribution >= 0.6 is 7.82 Å². The average Bonchev–Trinajstić information content (AvgIpc) is 3.38. The van der Waals surface area contributed by atoms with Crippen molar-refractivity contribution >= 4 is 13.7 Å². The van der Waals surface area contributed by atoms with Crippen LogP contribution in [-0.4, -0.2) is 73.4 Å². The third-order valence-corrected chi connectivity index (χ3v) is 16.7. The lowest BCUT2D eigenvalue weighted by molar-refractivity contribution is -0.870. The maximum Gasteiger partial charge on any atom is 0.472 e. The zero-order valence-corrected chi connectivity index (χ0v) is 52.7. The Morgan fingerprint density at radius 2 is 0.750 bits per heavy atom. The van der Waals surface area contributed by atoms with Crippen molar-refractivity contribution in [2.24, 2.45) is 0 Å². The highest BCUT2D eigenvalue weighted by Gasteiger charge is 2.28. The second-order valence-corrected chi connectivity index (χ2v) is 26.0. The number of nitrogens with zero attached hydrogens (tertiary/aromatic N) is 1. The lowest BCUT2D eigenvalue weighted by Gasteiger charge is -2.26. The Morgan fingerprint density at radius 1 is 0.447 bits per heavy atom. The van der Waals surface area contributed by atoms with Crippen molar-refractivity contribution in [3.8, 4) is 0 Å². The van der Waals surface area contributed by atoms with Crippen LogP contribution in [0.5, 0.6) is 0 Å². The third kappa shape index (κ3) is 60.6. The number of aliphatic hydroxyl groups is 1. The molecule has 76 heavy (non-hydrogen) atoms. The molecule has 3 unspecified atom stereocenters. The number of carbonyl (C=O) groups is 1. The normalized spacial score (nSPS) is 13.8. The van der Waals surface area contributed by atoms with Crippen LogP contribution in [0.2, 0.25) is 0 Å². The van der Waals surface area contributed by atoms with Crippen LogP contribution in [0.4, 0.5) is 0 Å². The highest BCUT2D eigenvalue weighted by atomic mass is 31.2. The van der Waals surface area contributed by atoms with E-state index in [0.29, 0.717) is 23.9 Å². The standard InChI is InChI=1S/C67H133N2O6P/c1-6-8-10-12-14-16-18-20-22-24-26-28-30-32-33-34-35-37-39-41-43-45-47-49-51-53-55-57-59-61-67(71)68-65(64-75-76(72,73)74-63-62-69(3,4)5)66(70)60-58-56-54-52-50-48-46-44-42-40-38-36-31-29-27-25-23-21-19-17-15-13-11-9-7-2/h18,20,24,26,65-66,70H,6-17,19,21-23,25,27-64H2,1-5H3,(H-,68,71,72,73)/p+1/b20-18-,26-24-. The van der Waals surface area contributed by atoms with Gasteiger partial charge in [-0.2, -0.15) is 0 Å². The molecule has 0 heterocycles. The fourth-order valence-corrected chi connectivity index (χ4v) is 11.2. The van der Waals surface area contributed by atoms with E-state index in [9.17, 15) is 19.4 Å². The summed E-state index contributed by atoms with van der Waals surface area (Å²) < 4.78 is 23.9. The van der Waals surface area contributed by atoms with Gasteiger partial charge >= 0.3 is 7.82 Å². The molecule has 3 atom stereocenters.